The van der Waals surface area contributed by atoms with E-state index >= 15 is 0 Å². The molecule has 0 aliphatic heterocycles. The highest BCUT2D eigenvalue weighted by atomic mass is 35.5. The van der Waals surface area contributed by atoms with Crippen molar-refractivity contribution in [3.63, 3.8) is 0 Å². The Hall–Kier alpha value is -1.10. The number of carbonyl (C=O) groups is 2. The first-order valence-corrected chi connectivity index (χ1v) is 7.38. The summed E-state index contributed by atoms with van der Waals surface area (Å²) in [6, 6.07) is 3.04. The van der Waals surface area contributed by atoms with Crippen LogP contribution in [0.2, 0.25) is 10.0 Å². The lowest BCUT2D eigenvalue weighted by molar-refractivity contribution is -0.131. The summed E-state index contributed by atoms with van der Waals surface area (Å²) in [5.41, 5.74) is 0.353. The smallest absolute Gasteiger partial charge is 0.308 e. The van der Waals surface area contributed by atoms with E-state index in [-0.39, 0.29) is 27.5 Å². The molecule has 1 rings (SSSR count). The van der Waals surface area contributed by atoms with E-state index in [4.69, 9.17) is 27.9 Å². The molecule has 0 saturated heterocycles. The quantitative estimate of drug-likeness (QED) is 0.453. The Morgan fingerprint density at radius 3 is 2.33 bits per heavy atom. The third-order valence-corrected chi connectivity index (χ3v) is 3.88. The molecule has 0 radical (unpaired) electrons. The Labute approximate surface area is 135 Å². The van der Waals surface area contributed by atoms with Crippen LogP contribution in [0.25, 0.3) is 0 Å². The fraction of sp³-hybridized carbons (Fsp3) is 0.467. The van der Waals surface area contributed by atoms with Gasteiger partial charge in [-0.05, 0) is 32.6 Å². The van der Waals surface area contributed by atoms with Gasteiger partial charge in [0.25, 0.3) is 0 Å². The summed E-state index contributed by atoms with van der Waals surface area (Å²) >= 11 is 12.2. The van der Waals surface area contributed by atoms with Crippen LogP contribution in [-0.4, -0.2) is 37.3 Å². The average molecular weight is 332 g/mol. The van der Waals surface area contributed by atoms with E-state index in [0.717, 1.165) is 0 Å². The molecule has 0 spiro atoms. The molecule has 0 heterocycles. The fourth-order valence-corrected chi connectivity index (χ4v) is 2.47. The summed E-state index contributed by atoms with van der Waals surface area (Å²) in [7, 11) is 3.82. The van der Waals surface area contributed by atoms with Crippen LogP contribution in [0.3, 0.4) is 0 Å². The third kappa shape index (κ3) is 4.70. The maximum absolute atomic E-state index is 12.5. The number of halogens is 2. The molecule has 1 aromatic carbocycles. The van der Waals surface area contributed by atoms with Gasteiger partial charge in [0.15, 0.2) is 11.5 Å². The second-order valence-corrected chi connectivity index (χ2v) is 5.82. The largest absolute Gasteiger partial charge is 0.425 e. The minimum atomic E-state index is -0.494. The Morgan fingerprint density at radius 1 is 1.24 bits per heavy atom. The molecule has 1 aromatic rings. The van der Waals surface area contributed by atoms with Crippen molar-refractivity contribution in [2.75, 3.05) is 20.6 Å². The van der Waals surface area contributed by atoms with Gasteiger partial charge in [-0.25, -0.2) is 0 Å². The summed E-state index contributed by atoms with van der Waals surface area (Å²) in [5.74, 6) is -0.557. The van der Waals surface area contributed by atoms with Crippen molar-refractivity contribution in [1.29, 1.82) is 0 Å². The van der Waals surface area contributed by atoms with Gasteiger partial charge in [0, 0.05) is 24.9 Å². The zero-order chi connectivity index (χ0) is 16.2. The summed E-state index contributed by atoms with van der Waals surface area (Å²) < 4.78 is 4.94. The first-order chi connectivity index (χ1) is 9.77. The molecule has 0 saturated carbocycles. The van der Waals surface area contributed by atoms with E-state index in [2.05, 4.69) is 0 Å². The first-order valence-electron chi connectivity index (χ1n) is 6.63. The summed E-state index contributed by atoms with van der Waals surface area (Å²) in [6.45, 7) is 3.86. The number of benzene rings is 1. The van der Waals surface area contributed by atoms with Crippen LogP contribution in [0.1, 0.15) is 30.6 Å². The molecule has 0 aliphatic rings. The Balaban J connectivity index is 3.11. The zero-order valence-electron chi connectivity index (χ0n) is 12.6. The maximum Gasteiger partial charge on any atom is 0.308 e. The Morgan fingerprint density at radius 2 is 1.86 bits per heavy atom. The summed E-state index contributed by atoms with van der Waals surface area (Å²) in [5, 5.41) is 0.204. The minimum absolute atomic E-state index is 0.0625. The second kappa shape index (κ2) is 7.78. The van der Waals surface area contributed by atoms with Crippen molar-refractivity contribution in [3.05, 3.63) is 27.7 Å². The second-order valence-electron chi connectivity index (χ2n) is 5.06. The Kier molecular flexibility index (Phi) is 6.65. The van der Waals surface area contributed by atoms with E-state index in [9.17, 15) is 9.59 Å². The number of Topliss-reactive ketones (excluding diaryl/α,β-unsaturated/α-hetero) is 1. The molecule has 0 aliphatic carbocycles. The lowest BCUT2D eigenvalue weighted by atomic mass is 9.94. The van der Waals surface area contributed by atoms with E-state index in [1.165, 1.54) is 13.0 Å². The predicted octanol–water partition coefficient (Wildman–Crippen LogP) is 3.69. The highest BCUT2D eigenvalue weighted by Crippen LogP contribution is 2.36. The van der Waals surface area contributed by atoms with Crippen molar-refractivity contribution < 1.29 is 14.3 Å². The van der Waals surface area contributed by atoms with Crippen molar-refractivity contribution >= 4 is 35.0 Å². The molecular weight excluding hydrogens is 313 g/mol. The van der Waals surface area contributed by atoms with Crippen LogP contribution in [0.4, 0.5) is 0 Å². The van der Waals surface area contributed by atoms with Crippen LogP contribution in [0, 0.1) is 5.92 Å². The van der Waals surface area contributed by atoms with Gasteiger partial charge in [0.2, 0.25) is 0 Å². The van der Waals surface area contributed by atoms with Crippen molar-refractivity contribution in [3.8, 4) is 5.75 Å². The molecule has 0 amide bonds. The molecule has 0 N–H and O–H groups in total. The SMILES string of the molecule is CCC(CN(C)C)C(=O)c1ccc(OC(C)=O)c(Cl)c1Cl. The van der Waals surface area contributed by atoms with Gasteiger partial charge in [0.05, 0.1) is 5.02 Å². The number of hydrogen-bond acceptors (Lipinski definition) is 4. The number of hydrogen-bond donors (Lipinski definition) is 0. The molecule has 0 fully saturated rings. The number of ketones is 1. The lowest BCUT2D eigenvalue weighted by Gasteiger charge is -2.19. The Bertz CT molecular complexity index is 544. The normalized spacial score (nSPS) is 12.3. The van der Waals surface area contributed by atoms with Crippen LogP contribution in [-0.2, 0) is 4.79 Å². The molecule has 4 nitrogen and oxygen atoms in total. The number of esters is 1. The molecule has 6 heteroatoms. The number of ether oxygens (including phenoxy) is 1. The van der Waals surface area contributed by atoms with Crippen LogP contribution in [0.5, 0.6) is 5.75 Å². The fourth-order valence-electron chi connectivity index (χ4n) is 2.01. The van der Waals surface area contributed by atoms with Gasteiger partial charge in [-0.2, -0.15) is 0 Å². The molecular formula is C15H19Cl2NO3. The number of nitrogens with zero attached hydrogens (tertiary/aromatic N) is 1. The molecule has 0 bridgehead atoms. The van der Waals surface area contributed by atoms with Gasteiger partial charge < -0.3 is 9.64 Å². The zero-order valence-corrected chi connectivity index (χ0v) is 14.1. The van der Waals surface area contributed by atoms with Gasteiger partial charge in [-0.1, -0.05) is 30.1 Å². The molecule has 0 aromatic heterocycles. The van der Waals surface area contributed by atoms with E-state index in [0.29, 0.717) is 18.5 Å². The standard InChI is InChI=1S/C15H19Cl2NO3/c1-5-10(8-18(3)4)15(20)11-6-7-12(21-9(2)19)14(17)13(11)16/h6-7,10H,5,8H2,1-4H3. The number of rotatable bonds is 6. The van der Waals surface area contributed by atoms with Gasteiger partial charge in [0.1, 0.15) is 5.02 Å². The van der Waals surface area contributed by atoms with E-state index in [1.54, 1.807) is 6.07 Å². The summed E-state index contributed by atoms with van der Waals surface area (Å²) in [4.78, 5) is 25.5. The highest BCUT2D eigenvalue weighted by molar-refractivity contribution is 6.44. The predicted molar refractivity (Wildman–Crippen MR) is 84.4 cm³/mol. The molecule has 21 heavy (non-hydrogen) atoms. The molecule has 116 valence electrons. The topological polar surface area (TPSA) is 46.6 Å². The van der Waals surface area contributed by atoms with Gasteiger partial charge in [-0.3, -0.25) is 9.59 Å². The lowest BCUT2D eigenvalue weighted by Crippen LogP contribution is -2.27. The number of carbonyl (C=O) groups excluding carboxylic acids is 2. The van der Waals surface area contributed by atoms with Crippen LogP contribution >= 0.6 is 23.2 Å². The van der Waals surface area contributed by atoms with Gasteiger partial charge in [-0.15, -0.1) is 0 Å². The highest BCUT2D eigenvalue weighted by Gasteiger charge is 2.23. The van der Waals surface area contributed by atoms with Crippen LogP contribution in [0.15, 0.2) is 12.1 Å². The maximum atomic E-state index is 12.5. The average Bonchev–Trinajstić information content (AvgIpc) is 2.40. The monoisotopic (exact) mass is 331 g/mol. The molecule has 1 unspecified atom stereocenters. The first kappa shape index (κ1) is 18.0. The molecule has 1 atom stereocenters. The van der Waals surface area contributed by atoms with Crippen molar-refractivity contribution in [1.82, 2.24) is 4.90 Å². The van der Waals surface area contributed by atoms with Crippen LogP contribution < -0.4 is 4.74 Å². The summed E-state index contributed by atoms with van der Waals surface area (Å²) in [6.07, 6.45) is 0.705. The van der Waals surface area contributed by atoms with Gasteiger partial charge >= 0.3 is 5.97 Å². The minimum Gasteiger partial charge on any atom is -0.425 e. The van der Waals surface area contributed by atoms with Crippen molar-refractivity contribution in [2.24, 2.45) is 5.92 Å². The van der Waals surface area contributed by atoms with Crippen molar-refractivity contribution in [2.45, 2.75) is 20.3 Å². The van der Waals surface area contributed by atoms with E-state index in [1.807, 2.05) is 25.9 Å². The van der Waals surface area contributed by atoms with E-state index < -0.39 is 5.97 Å². The third-order valence-electron chi connectivity index (χ3n) is 3.02.